The summed E-state index contributed by atoms with van der Waals surface area (Å²) in [5, 5.41) is 12.0. The maximum Gasteiger partial charge on any atom is 0.269 e. The Labute approximate surface area is 189 Å². The van der Waals surface area contributed by atoms with Gasteiger partial charge in [-0.3, -0.25) is 19.5 Å². The first-order valence-electron chi connectivity index (χ1n) is 8.84. The highest BCUT2D eigenvalue weighted by molar-refractivity contribution is 14.1. The molecule has 0 aliphatic rings. The molecule has 0 unspecified atom stereocenters. The van der Waals surface area contributed by atoms with Crippen LogP contribution < -0.4 is 5.56 Å². The third-order valence-corrected chi connectivity index (χ3v) is 5.51. The Kier molecular flexibility index (Phi) is 5.65. The quantitative estimate of drug-likeness (QED) is 0.192. The van der Waals surface area contributed by atoms with E-state index in [-0.39, 0.29) is 11.2 Å². The molecule has 0 amide bonds. The van der Waals surface area contributed by atoms with Crippen molar-refractivity contribution in [2.24, 2.45) is 0 Å². The number of nitrogens with zero attached hydrogens (tertiary/aromatic N) is 3. The number of benzene rings is 3. The second-order valence-corrected chi connectivity index (χ2v) is 8.05. The highest BCUT2D eigenvalue weighted by atomic mass is 127. The summed E-state index contributed by atoms with van der Waals surface area (Å²) < 4.78 is 2.35. The van der Waals surface area contributed by atoms with Gasteiger partial charge in [-0.2, -0.15) is 0 Å². The molecule has 6 nitrogen and oxygen atoms in total. The number of rotatable bonds is 4. The highest BCUT2D eigenvalue weighted by Gasteiger charge is 2.13. The van der Waals surface area contributed by atoms with Gasteiger partial charge in [0.1, 0.15) is 5.82 Å². The van der Waals surface area contributed by atoms with Crippen molar-refractivity contribution in [1.29, 1.82) is 0 Å². The van der Waals surface area contributed by atoms with E-state index < -0.39 is 4.92 Å². The summed E-state index contributed by atoms with van der Waals surface area (Å²) in [5.41, 5.74) is 1.52. The van der Waals surface area contributed by atoms with Crippen LogP contribution >= 0.6 is 34.2 Å². The fraction of sp³-hybridized carbons (Fsp3) is 0. The van der Waals surface area contributed by atoms with Gasteiger partial charge in [0.2, 0.25) is 0 Å². The van der Waals surface area contributed by atoms with Crippen molar-refractivity contribution in [1.82, 2.24) is 9.55 Å². The summed E-state index contributed by atoms with van der Waals surface area (Å²) >= 11 is 8.37. The van der Waals surface area contributed by atoms with Crippen LogP contribution in [0.2, 0.25) is 5.02 Å². The predicted molar refractivity (Wildman–Crippen MR) is 127 cm³/mol. The minimum atomic E-state index is -0.480. The molecule has 0 aliphatic heterocycles. The number of hydrogen-bond acceptors (Lipinski definition) is 4. The summed E-state index contributed by atoms with van der Waals surface area (Å²) in [5.74, 6) is 0.391. The summed E-state index contributed by atoms with van der Waals surface area (Å²) in [6.45, 7) is 0. The van der Waals surface area contributed by atoms with Crippen LogP contribution in [0.3, 0.4) is 0 Å². The third kappa shape index (κ3) is 3.99. The lowest BCUT2D eigenvalue weighted by atomic mass is 10.2. The summed E-state index contributed by atoms with van der Waals surface area (Å²) in [6.07, 6.45) is 3.49. The minimum Gasteiger partial charge on any atom is -0.268 e. The zero-order chi connectivity index (χ0) is 21.3. The monoisotopic (exact) mass is 529 g/mol. The number of nitro groups is 1. The molecule has 0 fully saturated rings. The molecule has 4 aromatic rings. The van der Waals surface area contributed by atoms with Crippen molar-refractivity contribution in [3.8, 4) is 5.69 Å². The van der Waals surface area contributed by atoms with Crippen molar-refractivity contribution in [2.45, 2.75) is 0 Å². The SMILES string of the molecule is O=c1c2cc(I)ccc2nc(C=Cc2ccccc2Cl)n1-c1ccc([N+](=O)[O-])cc1. The third-order valence-electron chi connectivity index (χ3n) is 4.49. The normalized spacial score (nSPS) is 11.3. The molecule has 1 heterocycles. The number of nitro benzene ring substituents is 1. The van der Waals surface area contributed by atoms with Crippen molar-refractivity contribution in [2.75, 3.05) is 0 Å². The first-order valence-corrected chi connectivity index (χ1v) is 10.3. The van der Waals surface area contributed by atoms with Crippen LogP contribution in [-0.2, 0) is 0 Å². The van der Waals surface area contributed by atoms with E-state index in [2.05, 4.69) is 27.6 Å². The van der Waals surface area contributed by atoms with E-state index in [1.54, 1.807) is 30.4 Å². The lowest BCUT2D eigenvalue weighted by Gasteiger charge is -2.11. The van der Waals surface area contributed by atoms with E-state index in [1.807, 2.05) is 24.3 Å². The van der Waals surface area contributed by atoms with E-state index >= 15 is 0 Å². The first-order chi connectivity index (χ1) is 14.4. The second-order valence-electron chi connectivity index (χ2n) is 6.40. The van der Waals surface area contributed by atoms with Crippen molar-refractivity contribution in [3.05, 3.63) is 107 Å². The number of fused-ring (bicyclic) bond motifs is 1. The highest BCUT2D eigenvalue weighted by Crippen LogP contribution is 2.21. The zero-order valence-electron chi connectivity index (χ0n) is 15.3. The molecule has 1 aromatic heterocycles. The average Bonchev–Trinajstić information content (AvgIpc) is 2.74. The van der Waals surface area contributed by atoms with Crippen LogP contribution in [0.5, 0.6) is 0 Å². The molecule has 0 saturated heterocycles. The van der Waals surface area contributed by atoms with Gasteiger partial charge in [0.15, 0.2) is 0 Å². The molecule has 3 aromatic carbocycles. The maximum atomic E-state index is 13.3. The smallest absolute Gasteiger partial charge is 0.268 e. The molecule has 8 heteroatoms. The van der Waals surface area contributed by atoms with Crippen LogP contribution in [0.4, 0.5) is 5.69 Å². The molecular formula is C22H13ClIN3O3. The van der Waals surface area contributed by atoms with Gasteiger partial charge in [-0.05, 0) is 76.7 Å². The molecular weight excluding hydrogens is 517 g/mol. The van der Waals surface area contributed by atoms with E-state index in [1.165, 1.54) is 28.8 Å². The largest absolute Gasteiger partial charge is 0.269 e. The number of non-ortho nitro benzene ring substituents is 1. The Morgan fingerprint density at radius 1 is 1.03 bits per heavy atom. The van der Waals surface area contributed by atoms with Crippen molar-refractivity contribution in [3.63, 3.8) is 0 Å². The molecule has 0 atom stereocenters. The van der Waals surface area contributed by atoms with Crippen LogP contribution in [0.25, 0.3) is 28.7 Å². The van der Waals surface area contributed by atoms with Gasteiger partial charge in [0.25, 0.3) is 11.2 Å². The lowest BCUT2D eigenvalue weighted by molar-refractivity contribution is -0.384. The zero-order valence-corrected chi connectivity index (χ0v) is 18.2. The van der Waals surface area contributed by atoms with E-state index in [4.69, 9.17) is 11.6 Å². The lowest BCUT2D eigenvalue weighted by Crippen LogP contribution is -2.22. The van der Waals surface area contributed by atoms with Gasteiger partial charge in [0.05, 0.1) is 21.5 Å². The molecule has 0 bridgehead atoms. The fourth-order valence-electron chi connectivity index (χ4n) is 3.03. The van der Waals surface area contributed by atoms with Crippen molar-refractivity contribution < 1.29 is 4.92 Å². The minimum absolute atomic E-state index is 0.0525. The van der Waals surface area contributed by atoms with Gasteiger partial charge >= 0.3 is 0 Å². The van der Waals surface area contributed by atoms with Gasteiger partial charge in [-0.15, -0.1) is 0 Å². The topological polar surface area (TPSA) is 78.0 Å². The van der Waals surface area contributed by atoms with Crippen LogP contribution in [0.15, 0.2) is 71.5 Å². The fourth-order valence-corrected chi connectivity index (χ4v) is 3.72. The number of aromatic nitrogens is 2. The number of halogens is 2. The summed E-state index contributed by atoms with van der Waals surface area (Å²) in [4.78, 5) is 28.5. The summed E-state index contributed by atoms with van der Waals surface area (Å²) in [6, 6.07) is 18.6. The van der Waals surface area contributed by atoms with Crippen molar-refractivity contribution >= 4 is 62.9 Å². The molecule has 0 radical (unpaired) electrons. The van der Waals surface area contributed by atoms with Crippen LogP contribution in [0, 0.1) is 13.7 Å². The van der Waals surface area contributed by atoms with Crippen LogP contribution in [0.1, 0.15) is 11.4 Å². The molecule has 148 valence electrons. The standard InChI is InChI=1S/C22H13ClIN3O3/c23-19-4-2-1-3-14(19)5-12-21-25-20-11-6-15(24)13-18(20)22(28)26(21)16-7-9-17(10-8-16)27(29)30/h1-13H. The van der Waals surface area contributed by atoms with Crippen LogP contribution in [-0.4, -0.2) is 14.5 Å². The van der Waals surface area contributed by atoms with Gasteiger partial charge in [0, 0.05) is 20.7 Å². The Bertz CT molecular complexity index is 1360. The van der Waals surface area contributed by atoms with Gasteiger partial charge in [-0.25, -0.2) is 4.98 Å². The van der Waals surface area contributed by atoms with E-state index in [9.17, 15) is 14.9 Å². The first kappa shape index (κ1) is 20.2. The molecule has 30 heavy (non-hydrogen) atoms. The Hall–Kier alpha value is -3.04. The molecule has 0 spiro atoms. The molecule has 0 aliphatic carbocycles. The molecule has 0 N–H and O–H groups in total. The predicted octanol–water partition coefficient (Wildman–Crippen LogP) is 5.72. The molecule has 0 saturated carbocycles. The Morgan fingerprint density at radius 2 is 1.77 bits per heavy atom. The Morgan fingerprint density at radius 3 is 2.47 bits per heavy atom. The van der Waals surface area contributed by atoms with Gasteiger partial charge < -0.3 is 0 Å². The average molecular weight is 530 g/mol. The number of hydrogen-bond donors (Lipinski definition) is 0. The van der Waals surface area contributed by atoms with E-state index in [0.29, 0.717) is 27.4 Å². The second kappa shape index (κ2) is 8.37. The van der Waals surface area contributed by atoms with Gasteiger partial charge in [-0.1, -0.05) is 29.8 Å². The van der Waals surface area contributed by atoms with E-state index in [0.717, 1.165) is 9.13 Å². The Balaban J connectivity index is 1.94. The summed E-state index contributed by atoms with van der Waals surface area (Å²) in [7, 11) is 0. The maximum absolute atomic E-state index is 13.3. The molecule has 4 rings (SSSR count).